The topological polar surface area (TPSA) is 121 Å². The Morgan fingerprint density at radius 2 is 1.11 bits per heavy atom. The van der Waals surface area contributed by atoms with Crippen molar-refractivity contribution in [3.05, 3.63) is 124 Å². The molecule has 0 aliphatic carbocycles. The zero-order chi connectivity index (χ0) is 41.6. The van der Waals surface area contributed by atoms with Gasteiger partial charge in [0, 0.05) is 36.9 Å². The standard InChI is InChI=1S/C18H24FN3O.C12H19N.C7H9N.C6H6F2N2O/c1-11(2)10-12(3)14-8-6-7-9-15(14)20-18(23)16-13(4)21-22(5)17(16)19;1-9(2)8-10(3)11-6-4-5-7-12(11)13;1-6-4-3-5-7(2)8-6;1-3-4(6(8)11)5(7)10(2)9-3/h6-9,11-12H,10H2,1-5H3,(H,20,23);4-7,9-10H,8,13H2,1-3H3;3-5H,1-2H3;1-2H3. The molecule has 55 heavy (non-hydrogen) atoms. The molecule has 2 atom stereocenters. The van der Waals surface area contributed by atoms with Gasteiger partial charge in [-0.05, 0) is 99.6 Å². The molecule has 9 nitrogen and oxygen atoms in total. The second-order valence-corrected chi connectivity index (χ2v) is 14.7. The molecule has 12 heteroatoms. The smallest absolute Gasteiger partial charge is 0.338 e. The fourth-order valence-electron chi connectivity index (χ4n) is 6.27. The fourth-order valence-corrected chi connectivity index (χ4v) is 6.27. The van der Waals surface area contributed by atoms with Gasteiger partial charge in [0.1, 0.15) is 11.1 Å². The predicted molar refractivity (Wildman–Crippen MR) is 216 cm³/mol. The van der Waals surface area contributed by atoms with Crippen LogP contribution in [-0.4, -0.2) is 36.5 Å². The summed E-state index contributed by atoms with van der Waals surface area (Å²) in [5.74, 6) is 0.161. The summed E-state index contributed by atoms with van der Waals surface area (Å²) < 4.78 is 40.7. The van der Waals surface area contributed by atoms with Crippen LogP contribution in [0.4, 0.5) is 24.5 Å². The summed E-state index contributed by atoms with van der Waals surface area (Å²) in [4.78, 5) is 26.8. The number of hydrogen-bond donors (Lipinski definition) is 2. The van der Waals surface area contributed by atoms with Gasteiger partial charge in [0.15, 0.2) is 0 Å². The van der Waals surface area contributed by atoms with Crippen molar-refractivity contribution >= 4 is 23.3 Å². The van der Waals surface area contributed by atoms with Gasteiger partial charge in [-0.3, -0.25) is 14.6 Å². The molecule has 0 bridgehead atoms. The lowest BCUT2D eigenvalue weighted by molar-refractivity contribution is 0.0829. The Hall–Kier alpha value is -5.26. The molecular formula is C43H58F3N7O2. The lowest BCUT2D eigenvalue weighted by Gasteiger charge is -2.18. The largest absolute Gasteiger partial charge is 0.398 e. The molecule has 5 rings (SSSR count). The number of aromatic nitrogens is 5. The van der Waals surface area contributed by atoms with Crippen LogP contribution in [0.5, 0.6) is 0 Å². The first kappa shape index (κ1) is 45.9. The monoisotopic (exact) mass is 761 g/mol. The summed E-state index contributed by atoms with van der Waals surface area (Å²) in [6.45, 7) is 20.2. The number of rotatable bonds is 9. The third-order valence-electron chi connectivity index (χ3n) is 8.67. The number of pyridine rings is 1. The van der Waals surface area contributed by atoms with Crippen molar-refractivity contribution in [1.29, 1.82) is 0 Å². The van der Waals surface area contributed by atoms with Crippen molar-refractivity contribution in [1.82, 2.24) is 24.5 Å². The van der Waals surface area contributed by atoms with Gasteiger partial charge in [-0.1, -0.05) is 84.0 Å². The van der Waals surface area contributed by atoms with E-state index in [1.807, 2.05) is 68.4 Å². The van der Waals surface area contributed by atoms with Crippen molar-refractivity contribution in [2.24, 2.45) is 25.9 Å². The van der Waals surface area contributed by atoms with E-state index >= 15 is 0 Å². The van der Waals surface area contributed by atoms with E-state index in [0.29, 0.717) is 23.4 Å². The maximum absolute atomic E-state index is 14.0. The fraction of sp³-hybridized carbons (Fsp3) is 0.419. The zero-order valence-electron chi connectivity index (χ0n) is 34.3. The number of aryl methyl sites for hydroxylation is 6. The van der Waals surface area contributed by atoms with E-state index in [-0.39, 0.29) is 11.3 Å². The minimum Gasteiger partial charge on any atom is -0.398 e. The van der Waals surface area contributed by atoms with Crippen LogP contribution in [-0.2, 0) is 14.1 Å². The Kier molecular flexibility index (Phi) is 18.0. The van der Waals surface area contributed by atoms with Crippen LogP contribution < -0.4 is 11.1 Å². The van der Waals surface area contributed by atoms with Gasteiger partial charge >= 0.3 is 6.04 Å². The number of carbonyl (C=O) groups excluding carboxylic acids is 2. The average molecular weight is 762 g/mol. The van der Waals surface area contributed by atoms with Crippen LogP contribution in [0.15, 0.2) is 66.7 Å². The van der Waals surface area contributed by atoms with E-state index in [1.54, 1.807) is 6.92 Å². The van der Waals surface area contributed by atoms with E-state index in [0.717, 1.165) is 50.0 Å². The molecule has 2 aromatic carbocycles. The molecule has 0 saturated carbocycles. The maximum Gasteiger partial charge on any atom is 0.338 e. The van der Waals surface area contributed by atoms with Gasteiger partial charge < -0.3 is 11.1 Å². The van der Waals surface area contributed by atoms with Crippen molar-refractivity contribution in [2.75, 3.05) is 11.1 Å². The van der Waals surface area contributed by atoms with E-state index < -0.39 is 29.4 Å². The van der Waals surface area contributed by atoms with Gasteiger partial charge in [0.2, 0.25) is 11.9 Å². The third-order valence-corrected chi connectivity index (χ3v) is 8.67. The van der Waals surface area contributed by atoms with Crippen molar-refractivity contribution < 1.29 is 22.8 Å². The SMILES string of the molecule is CC(C)CC(C)c1ccccc1N.Cc1cccc(C)n1.Cc1nn(C)c(F)c1C(=O)F.Cc1nn(C)c(F)c1C(=O)Nc1ccccc1C(C)CC(C)C. The van der Waals surface area contributed by atoms with Crippen molar-refractivity contribution in [2.45, 2.75) is 93.9 Å². The second-order valence-electron chi connectivity index (χ2n) is 14.7. The molecule has 0 aliphatic heterocycles. The average Bonchev–Trinajstić information content (AvgIpc) is 3.50. The van der Waals surface area contributed by atoms with Gasteiger partial charge in [-0.2, -0.15) is 23.4 Å². The molecule has 298 valence electrons. The van der Waals surface area contributed by atoms with Crippen LogP contribution in [0, 0.1) is 51.4 Å². The number of para-hydroxylation sites is 2. The quantitative estimate of drug-likeness (QED) is 0.114. The van der Waals surface area contributed by atoms with Crippen LogP contribution in [0.3, 0.4) is 0 Å². The Morgan fingerprint density at radius 1 is 0.673 bits per heavy atom. The van der Waals surface area contributed by atoms with Crippen LogP contribution in [0.25, 0.3) is 0 Å². The molecule has 3 N–H and O–H groups in total. The molecule has 0 fully saturated rings. The van der Waals surface area contributed by atoms with Crippen molar-refractivity contribution in [3.63, 3.8) is 0 Å². The molecule has 0 saturated heterocycles. The summed E-state index contributed by atoms with van der Waals surface area (Å²) in [6, 6.07) is 20.1. The minimum absolute atomic E-state index is 0.00110. The number of nitrogen functional groups attached to an aromatic ring is 1. The first-order valence-corrected chi connectivity index (χ1v) is 18.5. The first-order chi connectivity index (χ1) is 25.7. The lowest BCUT2D eigenvalue weighted by atomic mass is 9.91. The number of anilines is 2. The van der Waals surface area contributed by atoms with E-state index in [1.165, 1.54) is 33.0 Å². The summed E-state index contributed by atoms with van der Waals surface area (Å²) in [7, 11) is 2.78. The summed E-state index contributed by atoms with van der Waals surface area (Å²) in [5, 5.41) is 10.3. The molecule has 3 aromatic heterocycles. The van der Waals surface area contributed by atoms with Crippen LogP contribution in [0.1, 0.15) is 121 Å². The van der Waals surface area contributed by atoms with Gasteiger partial charge in [-0.25, -0.2) is 9.36 Å². The number of carbonyl (C=O) groups is 2. The highest BCUT2D eigenvalue weighted by Crippen LogP contribution is 2.30. The molecule has 0 radical (unpaired) electrons. The molecule has 3 heterocycles. The summed E-state index contributed by atoms with van der Waals surface area (Å²) in [6.07, 6.45) is 2.22. The molecule has 0 aliphatic rings. The molecule has 2 unspecified atom stereocenters. The molecule has 0 spiro atoms. The van der Waals surface area contributed by atoms with E-state index in [2.05, 4.69) is 74.2 Å². The Bertz CT molecular complexity index is 1980. The van der Waals surface area contributed by atoms with Gasteiger partial charge in [-0.15, -0.1) is 0 Å². The number of nitrogens with one attached hydrogen (secondary N) is 1. The molecule has 5 aromatic rings. The van der Waals surface area contributed by atoms with Gasteiger partial charge in [0.05, 0.1) is 11.4 Å². The highest BCUT2D eigenvalue weighted by molar-refractivity contribution is 6.05. The highest BCUT2D eigenvalue weighted by Gasteiger charge is 2.22. The molecule has 1 amide bonds. The number of amides is 1. The number of halogens is 3. The van der Waals surface area contributed by atoms with Crippen LogP contribution in [0.2, 0.25) is 0 Å². The zero-order valence-corrected chi connectivity index (χ0v) is 34.3. The summed E-state index contributed by atoms with van der Waals surface area (Å²) >= 11 is 0. The second kappa shape index (κ2) is 21.6. The van der Waals surface area contributed by atoms with Gasteiger partial charge in [0.25, 0.3) is 5.91 Å². The van der Waals surface area contributed by atoms with Crippen LogP contribution >= 0.6 is 0 Å². The Balaban J connectivity index is 0.000000276. The Labute approximate surface area is 324 Å². The normalized spacial score (nSPS) is 11.7. The highest BCUT2D eigenvalue weighted by atomic mass is 19.1. The predicted octanol–water partition coefficient (Wildman–Crippen LogP) is 10.4. The summed E-state index contributed by atoms with van der Waals surface area (Å²) in [5.41, 5.74) is 12.0. The maximum atomic E-state index is 14.0. The van der Waals surface area contributed by atoms with E-state index in [4.69, 9.17) is 5.73 Å². The number of nitrogens with zero attached hydrogens (tertiary/aromatic N) is 5. The van der Waals surface area contributed by atoms with E-state index in [9.17, 15) is 22.8 Å². The first-order valence-electron chi connectivity index (χ1n) is 18.5. The number of benzene rings is 2. The van der Waals surface area contributed by atoms with Crippen molar-refractivity contribution in [3.8, 4) is 0 Å². The minimum atomic E-state index is -1.78. The molecular weight excluding hydrogens is 704 g/mol. The lowest BCUT2D eigenvalue weighted by Crippen LogP contribution is -2.16. The number of nitrogens with two attached hydrogens (primary N) is 1. The Morgan fingerprint density at radius 3 is 1.49 bits per heavy atom. The third kappa shape index (κ3) is 14.2. The number of hydrogen-bond acceptors (Lipinski definition) is 6.